The standard InChI is InChI=1S/C17H12BrFN4O/c18-12-4-6-14(7-5-12)20-15-8-9-16(23-22-15)21-17(24)11-2-1-3-13(19)10-11/h1-10H,(H,20,22)(H,21,23,24). The van der Waals surface area contributed by atoms with Gasteiger partial charge in [-0.3, -0.25) is 4.79 Å². The summed E-state index contributed by atoms with van der Waals surface area (Å²) in [5, 5.41) is 13.6. The number of halogens is 2. The third-order valence-electron chi connectivity index (χ3n) is 3.11. The van der Waals surface area contributed by atoms with Gasteiger partial charge in [0.2, 0.25) is 0 Å². The average Bonchev–Trinajstić information content (AvgIpc) is 2.59. The highest BCUT2D eigenvalue weighted by Crippen LogP contribution is 2.18. The van der Waals surface area contributed by atoms with Crippen LogP contribution >= 0.6 is 15.9 Å². The summed E-state index contributed by atoms with van der Waals surface area (Å²) in [7, 11) is 0. The average molecular weight is 387 g/mol. The molecule has 120 valence electrons. The number of hydrogen-bond acceptors (Lipinski definition) is 4. The van der Waals surface area contributed by atoms with Gasteiger partial charge in [0.25, 0.3) is 5.91 Å². The fraction of sp³-hybridized carbons (Fsp3) is 0. The van der Waals surface area contributed by atoms with Crippen LogP contribution in [0.15, 0.2) is 65.1 Å². The van der Waals surface area contributed by atoms with Gasteiger partial charge in [0, 0.05) is 15.7 Å². The Hall–Kier alpha value is -2.80. The van der Waals surface area contributed by atoms with Gasteiger partial charge in [0.05, 0.1) is 0 Å². The third-order valence-corrected chi connectivity index (χ3v) is 3.64. The van der Waals surface area contributed by atoms with Gasteiger partial charge < -0.3 is 10.6 Å². The normalized spacial score (nSPS) is 10.2. The molecule has 1 heterocycles. The first-order chi connectivity index (χ1) is 11.6. The predicted octanol–water partition coefficient (Wildman–Crippen LogP) is 4.37. The van der Waals surface area contributed by atoms with Crippen LogP contribution in [0.5, 0.6) is 0 Å². The van der Waals surface area contributed by atoms with Crippen LogP contribution in [0.4, 0.5) is 21.7 Å². The lowest BCUT2D eigenvalue weighted by molar-refractivity contribution is 0.102. The highest BCUT2D eigenvalue weighted by atomic mass is 79.9. The maximum atomic E-state index is 13.1. The van der Waals surface area contributed by atoms with E-state index in [1.54, 1.807) is 12.1 Å². The molecule has 0 aliphatic carbocycles. The van der Waals surface area contributed by atoms with Crippen LogP contribution in [0.3, 0.4) is 0 Å². The number of amides is 1. The molecule has 0 saturated heterocycles. The summed E-state index contributed by atoms with van der Waals surface area (Å²) in [6.07, 6.45) is 0. The Bertz CT molecular complexity index is 853. The van der Waals surface area contributed by atoms with E-state index in [9.17, 15) is 9.18 Å². The number of nitrogens with one attached hydrogen (secondary N) is 2. The molecule has 1 aromatic heterocycles. The zero-order valence-electron chi connectivity index (χ0n) is 12.3. The van der Waals surface area contributed by atoms with Crippen LogP contribution in [0.1, 0.15) is 10.4 Å². The van der Waals surface area contributed by atoms with E-state index in [0.717, 1.165) is 16.2 Å². The lowest BCUT2D eigenvalue weighted by atomic mass is 10.2. The topological polar surface area (TPSA) is 66.9 Å². The highest BCUT2D eigenvalue weighted by Gasteiger charge is 2.08. The Kier molecular flexibility index (Phi) is 4.81. The zero-order valence-corrected chi connectivity index (χ0v) is 13.9. The molecule has 2 N–H and O–H groups in total. The summed E-state index contributed by atoms with van der Waals surface area (Å²) < 4.78 is 14.1. The molecule has 0 saturated carbocycles. The van der Waals surface area contributed by atoms with Gasteiger partial charge in [-0.15, -0.1) is 10.2 Å². The van der Waals surface area contributed by atoms with Crippen LogP contribution in [0, 0.1) is 5.82 Å². The molecule has 0 radical (unpaired) electrons. The number of hydrogen-bond donors (Lipinski definition) is 2. The van der Waals surface area contributed by atoms with Crippen molar-refractivity contribution in [3.63, 3.8) is 0 Å². The minimum absolute atomic E-state index is 0.217. The molecule has 0 unspecified atom stereocenters. The monoisotopic (exact) mass is 386 g/mol. The van der Waals surface area contributed by atoms with Crippen LogP contribution < -0.4 is 10.6 Å². The first kappa shape index (κ1) is 16.1. The largest absolute Gasteiger partial charge is 0.339 e. The van der Waals surface area contributed by atoms with Crippen molar-refractivity contribution in [2.24, 2.45) is 0 Å². The van der Waals surface area contributed by atoms with Crippen LogP contribution in [-0.4, -0.2) is 16.1 Å². The summed E-state index contributed by atoms with van der Waals surface area (Å²) in [5.74, 6) is -0.0908. The molecular weight excluding hydrogens is 375 g/mol. The molecule has 24 heavy (non-hydrogen) atoms. The van der Waals surface area contributed by atoms with Crippen molar-refractivity contribution in [1.82, 2.24) is 10.2 Å². The highest BCUT2D eigenvalue weighted by molar-refractivity contribution is 9.10. The molecule has 3 rings (SSSR count). The first-order valence-electron chi connectivity index (χ1n) is 7.03. The second kappa shape index (κ2) is 7.18. The van der Waals surface area contributed by atoms with E-state index in [-0.39, 0.29) is 11.4 Å². The van der Waals surface area contributed by atoms with E-state index >= 15 is 0 Å². The summed E-state index contributed by atoms with van der Waals surface area (Å²) >= 11 is 3.37. The molecule has 0 fully saturated rings. The molecule has 2 aromatic carbocycles. The second-order valence-electron chi connectivity index (χ2n) is 4.90. The predicted molar refractivity (Wildman–Crippen MR) is 93.8 cm³/mol. The van der Waals surface area contributed by atoms with E-state index in [1.165, 1.54) is 18.2 Å². The molecule has 0 spiro atoms. The number of aromatic nitrogens is 2. The third kappa shape index (κ3) is 4.14. The Morgan fingerprint density at radius 1 is 0.958 bits per heavy atom. The van der Waals surface area contributed by atoms with Gasteiger partial charge in [0.1, 0.15) is 5.82 Å². The number of anilines is 3. The number of nitrogens with zero attached hydrogens (tertiary/aromatic N) is 2. The molecule has 7 heteroatoms. The maximum absolute atomic E-state index is 13.1. The molecule has 5 nitrogen and oxygen atoms in total. The number of carbonyl (C=O) groups excluding carboxylic acids is 1. The van der Waals surface area contributed by atoms with Crippen molar-refractivity contribution < 1.29 is 9.18 Å². The van der Waals surface area contributed by atoms with Crippen molar-refractivity contribution >= 4 is 39.2 Å². The summed E-state index contributed by atoms with van der Waals surface area (Å²) in [4.78, 5) is 12.0. The lowest BCUT2D eigenvalue weighted by Gasteiger charge is -2.07. The Morgan fingerprint density at radius 3 is 2.33 bits per heavy atom. The SMILES string of the molecule is O=C(Nc1ccc(Nc2ccc(Br)cc2)nn1)c1cccc(F)c1. The molecule has 0 aliphatic heterocycles. The molecule has 0 bridgehead atoms. The van der Waals surface area contributed by atoms with Gasteiger partial charge in [-0.05, 0) is 54.6 Å². The van der Waals surface area contributed by atoms with Crippen molar-refractivity contribution in [1.29, 1.82) is 0 Å². The molecule has 3 aromatic rings. The first-order valence-corrected chi connectivity index (χ1v) is 7.83. The fourth-order valence-electron chi connectivity index (χ4n) is 1.96. The number of rotatable bonds is 4. The maximum Gasteiger partial charge on any atom is 0.256 e. The molecule has 0 aliphatic rings. The van der Waals surface area contributed by atoms with E-state index in [2.05, 4.69) is 36.8 Å². The minimum Gasteiger partial charge on any atom is -0.339 e. The van der Waals surface area contributed by atoms with Gasteiger partial charge >= 0.3 is 0 Å². The number of benzene rings is 2. The quantitative estimate of drug-likeness (QED) is 0.698. The van der Waals surface area contributed by atoms with E-state index < -0.39 is 11.7 Å². The van der Waals surface area contributed by atoms with E-state index in [0.29, 0.717) is 5.82 Å². The Morgan fingerprint density at radius 2 is 1.67 bits per heavy atom. The Balaban J connectivity index is 1.66. The molecule has 0 atom stereocenters. The summed E-state index contributed by atoms with van der Waals surface area (Å²) in [5.41, 5.74) is 1.08. The van der Waals surface area contributed by atoms with Crippen LogP contribution in [-0.2, 0) is 0 Å². The second-order valence-corrected chi connectivity index (χ2v) is 5.82. The smallest absolute Gasteiger partial charge is 0.256 e. The van der Waals surface area contributed by atoms with E-state index in [4.69, 9.17) is 0 Å². The van der Waals surface area contributed by atoms with Crippen LogP contribution in [0.2, 0.25) is 0 Å². The van der Waals surface area contributed by atoms with Gasteiger partial charge in [-0.1, -0.05) is 22.0 Å². The Labute approximate surface area is 146 Å². The molecule has 1 amide bonds. The zero-order chi connectivity index (χ0) is 16.9. The van der Waals surface area contributed by atoms with Crippen molar-refractivity contribution in [2.45, 2.75) is 0 Å². The van der Waals surface area contributed by atoms with Crippen molar-refractivity contribution in [3.8, 4) is 0 Å². The molecular formula is C17H12BrFN4O. The van der Waals surface area contributed by atoms with Gasteiger partial charge in [-0.25, -0.2) is 4.39 Å². The summed E-state index contributed by atoms with van der Waals surface area (Å²) in [6.45, 7) is 0. The minimum atomic E-state index is -0.470. The summed E-state index contributed by atoms with van der Waals surface area (Å²) in [6, 6.07) is 16.3. The van der Waals surface area contributed by atoms with Crippen molar-refractivity contribution in [3.05, 3.63) is 76.5 Å². The van der Waals surface area contributed by atoms with E-state index in [1.807, 2.05) is 24.3 Å². The van der Waals surface area contributed by atoms with Gasteiger partial charge in [-0.2, -0.15) is 0 Å². The fourth-order valence-corrected chi connectivity index (χ4v) is 2.23. The van der Waals surface area contributed by atoms with Crippen molar-refractivity contribution in [2.75, 3.05) is 10.6 Å². The number of carbonyl (C=O) groups is 1. The van der Waals surface area contributed by atoms with Crippen LogP contribution in [0.25, 0.3) is 0 Å². The van der Waals surface area contributed by atoms with Gasteiger partial charge in [0.15, 0.2) is 11.6 Å². The lowest BCUT2D eigenvalue weighted by Crippen LogP contribution is -2.13.